The molecule has 1 aromatic carbocycles. The number of halogens is 1. The molecule has 1 heterocycles. The fraction of sp³-hybridized carbons (Fsp3) is 0.611. The zero-order chi connectivity index (χ0) is 14.7. The number of amides is 1. The molecule has 1 aliphatic carbocycles. The Morgan fingerprint density at radius 2 is 1.73 bits per heavy atom. The Morgan fingerprint density at radius 1 is 1.09 bits per heavy atom. The lowest BCUT2D eigenvalue weighted by Gasteiger charge is -2.42. The van der Waals surface area contributed by atoms with Gasteiger partial charge in [-0.25, -0.2) is 0 Å². The molecule has 0 bridgehead atoms. The molecule has 0 spiro atoms. The summed E-state index contributed by atoms with van der Waals surface area (Å²) in [5, 5.41) is 3.34. The fourth-order valence-corrected chi connectivity index (χ4v) is 4.03. The van der Waals surface area contributed by atoms with Crippen LogP contribution in [0, 0.1) is 6.92 Å². The van der Waals surface area contributed by atoms with Gasteiger partial charge in [-0.2, -0.15) is 0 Å². The van der Waals surface area contributed by atoms with Crippen molar-refractivity contribution in [2.45, 2.75) is 44.4 Å². The Morgan fingerprint density at radius 3 is 2.36 bits per heavy atom. The van der Waals surface area contributed by atoms with E-state index >= 15 is 0 Å². The molecule has 1 aliphatic heterocycles. The summed E-state index contributed by atoms with van der Waals surface area (Å²) in [6.45, 7) is 5.71. The highest BCUT2D eigenvalue weighted by atomic mass is 35.5. The molecule has 22 heavy (non-hydrogen) atoms. The van der Waals surface area contributed by atoms with Gasteiger partial charge in [0.25, 0.3) is 0 Å². The molecule has 1 aromatic rings. The largest absolute Gasteiger partial charge is 0.339 e. The summed E-state index contributed by atoms with van der Waals surface area (Å²) < 4.78 is 0. The van der Waals surface area contributed by atoms with E-state index in [0.29, 0.717) is 5.91 Å². The molecule has 0 atom stereocenters. The first-order valence-electron chi connectivity index (χ1n) is 8.30. The van der Waals surface area contributed by atoms with Crippen LogP contribution in [0.2, 0.25) is 0 Å². The summed E-state index contributed by atoms with van der Waals surface area (Å²) in [7, 11) is 0. The van der Waals surface area contributed by atoms with Gasteiger partial charge in [0.15, 0.2) is 0 Å². The molecule has 122 valence electrons. The van der Waals surface area contributed by atoms with Crippen LogP contribution >= 0.6 is 12.4 Å². The Hall–Kier alpha value is -1.06. The van der Waals surface area contributed by atoms with Crippen LogP contribution in [0.3, 0.4) is 0 Å². The zero-order valence-electron chi connectivity index (χ0n) is 13.4. The normalized spacial score (nSPS) is 21.0. The van der Waals surface area contributed by atoms with E-state index in [1.807, 2.05) is 0 Å². The lowest BCUT2D eigenvalue weighted by atomic mass is 9.67. The second-order valence-electron chi connectivity index (χ2n) is 6.50. The predicted octanol–water partition coefficient (Wildman–Crippen LogP) is 3.05. The first-order chi connectivity index (χ1) is 10.2. The smallest absolute Gasteiger partial charge is 0.233 e. The quantitative estimate of drug-likeness (QED) is 0.907. The van der Waals surface area contributed by atoms with E-state index < -0.39 is 0 Å². The van der Waals surface area contributed by atoms with Gasteiger partial charge >= 0.3 is 0 Å². The van der Waals surface area contributed by atoms with Crippen molar-refractivity contribution in [3.8, 4) is 0 Å². The summed E-state index contributed by atoms with van der Waals surface area (Å²) in [6.07, 6.45) is 5.64. The standard InChI is InChI=1S/C18H26N2O.ClH/c1-15-7-3-4-8-16(15)18(9-5-2-6-10-18)17(21)20-13-11-19-12-14-20;/h3-4,7-8,19H,2,5-6,9-14H2,1H3;1H. The number of hydrogen-bond acceptors (Lipinski definition) is 2. The molecule has 3 nitrogen and oxygen atoms in total. The topological polar surface area (TPSA) is 32.3 Å². The molecular formula is C18H27ClN2O. The van der Waals surface area contributed by atoms with Gasteiger partial charge in [-0.05, 0) is 30.9 Å². The van der Waals surface area contributed by atoms with Crippen LogP contribution in [0.5, 0.6) is 0 Å². The molecule has 3 rings (SSSR count). The molecule has 0 aromatic heterocycles. The minimum absolute atomic E-state index is 0. The van der Waals surface area contributed by atoms with Crippen molar-refractivity contribution in [3.63, 3.8) is 0 Å². The van der Waals surface area contributed by atoms with Crippen molar-refractivity contribution in [2.75, 3.05) is 26.2 Å². The average molecular weight is 323 g/mol. The number of nitrogens with one attached hydrogen (secondary N) is 1. The van der Waals surface area contributed by atoms with E-state index in [1.54, 1.807) is 0 Å². The van der Waals surface area contributed by atoms with Crippen LogP contribution in [0.15, 0.2) is 24.3 Å². The van der Waals surface area contributed by atoms with Crippen molar-refractivity contribution >= 4 is 18.3 Å². The van der Waals surface area contributed by atoms with Gasteiger partial charge in [0.05, 0.1) is 5.41 Å². The van der Waals surface area contributed by atoms with E-state index in [0.717, 1.165) is 39.0 Å². The van der Waals surface area contributed by atoms with Crippen molar-refractivity contribution in [1.29, 1.82) is 0 Å². The molecule has 1 saturated carbocycles. The van der Waals surface area contributed by atoms with E-state index in [2.05, 4.69) is 41.4 Å². The van der Waals surface area contributed by atoms with Crippen LogP contribution in [-0.2, 0) is 10.2 Å². The number of rotatable bonds is 2. The highest BCUT2D eigenvalue weighted by Crippen LogP contribution is 2.42. The number of piperazine rings is 1. The maximum absolute atomic E-state index is 13.3. The molecule has 0 radical (unpaired) electrons. The Balaban J connectivity index is 0.00000176. The van der Waals surface area contributed by atoms with E-state index in [-0.39, 0.29) is 17.8 Å². The fourth-order valence-electron chi connectivity index (χ4n) is 4.03. The van der Waals surface area contributed by atoms with E-state index in [9.17, 15) is 4.79 Å². The number of benzene rings is 1. The number of carbonyl (C=O) groups excluding carboxylic acids is 1. The predicted molar refractivity (Wildman–Crippen MR) is 92.6 cm³/mol. The zero-order valence-corrected chi connectivity index (χ0v) is 14.3. The van der Waals surface area contributed by atoms with Gasteiger partial charge in [-0.15, -0.1) is 12.4 Å². The highest BCUT2D eigenvalue weighted by Gasteiger charge is 2.44. The third kappa shape index (κ3) is 3.16. The summed E-state index contributed by atoms with van der Waals surface area (Å²) in [4.78, 5) is 15.4. The molecule has 1 saturated heterocycles. The summed E-state index contributed by atoms with van der Waals surface area (Å²) >= 11 is 0. The third-order valence-electron chi connectivity index (χ3n) is 5.18. The monoisotopic (exact) mass is 322 g/mol. The third-order valence-corrected chi connectivity index (χ3v) is 5.18. The van der Waals surface area contributed by atoms with Gasteiger partial charge in [0.2, 0.25) is 5.91 Å². The van der Waals surface area contributed by atoms with Crippen LogP contribution in [0.25, 0.3) is 0 Å². The first-order valence-corrected chi connectivity index (χ1v) is 8.30. The number of carbonyl (C=O) groups is 1. The highest BCUT2D eigenvalue weighted by molar-refractivity contribution is 5.89. The average Bonchev–Trinajstić information content (AvgIpc) is 2.56. The molecule has 2 aliphatic rings. The molecule has 2 fully saturated rings. The lowest BCUT2D eigenvalue weighted by Crippen LogP contribution is -2.54. The maximum Gasteiger partial charge on any atom is 0.233 e. The molecule has 1 N–H and O–H groups in total. The Kier molecular flexibility index (Phi) is 5.87. The van der Waals surface area contributed by atoms with Gasteiger partial charge in [-0.3, -0.25) is 4.79 Å². The lowest BCUT2D eigenvalue weighted by molar-refractivity contribution is -0.139. The number of nitrogens with zero attached hydrogens (tertiary/aromatic N) is 1. The van der Waals surface area contributed by atoms with Gasteiger partial charge in [0.1, 0.15) is 0 Å². The van der Waals surface area contributed by atoms with Crippen molar-refractivity contribution in [1.82, 2.24) is 10.2 Å². The van der Waals surface area contributed by atoms with Crippen molar-refractivity contribution in [2.24, 2.45) is 0 Å². The van der Waals surface area contributed by atoms with Gasteiger partial charge < -0.3 is 10.2 Å². The SMILES string of the molecule is Cc1ccccc1C1(C(=O)N2CCNCC2)CCCCC1.Cl. The van der Waals surface area contributed by atoms with Crippen LogP contribution in [0.4, 0.5) is 0 Å². The minimum atomic E-state index is -0.263. The van der Waals surface area contributed by atoms with E-state index in [4.69, 9.17) is 0 Å². The molecule has 4 heteroatoms. The summed E-state index contributed by atoms with van der Waals surface area (Å²) in [5.74, 6) is 0.373. The minimum Gasteiger partial charge on any atom is -0.339 e. The molecule has 1 amide bonds. The molecule has 0 unspecified atom stereocenters. The van der Waals surface area contributed by atoms with Crippen LogP contribution in [-0.4, -0.2) is 37.0 Å². The van der Waals surface area contributed by atoms with Crippen LogP contribution in [0.1, 0.15) is 43.2 Å². The second-order valence-corrected chi connectivity index (χ2v) is 6.50. The van der Waals surface area contributed by atoms with Crippen molar-refractivity contribution in [3.05, 3.63) is 35.4 Å². The number of hydrogen-bond donors (Lipinski definition) is 1. The summed E-state index contributed by atoms with van der Waals surface area (Å²) in [6, 6.07) is 8.49. The Labute approximate surface area is 139 Å². The second kappa shape index (κ2) is 7.47. The molecular weight excluding hydrogens is 296 g/mol. The number of aryl methyl sites for hydroxylation is 1. The maximum atomic E-state index is 13.3. The van der Waals surface area contributed by atoms with Gasteiger partial charge in [-0.1, -0.05) is 43.5 Å². The Bertz CT molecular complexity index is 506. The van der Waals surface area contributed by atoms with E-state index in [1.165, 1.54) is 30.4 Å². The van der Waals surface area contributed by atoms with Crippen molar-refractivity contribution < 1.29 is 4.79 Å². The van der Waals surface area contributed by atoms with Crippen LogP contribution < -0.4 is 5.32 Å². The summed E-state index contributed by atoms with van der Waals surface area (Å²) in [5.41, 5.74) is 2.28. The van der Waals surface area contributed by atoms with Gasteiger partial charge in [0, 0.05) is 26.2 Å². The first kappa shape index (κ1) is 17.3.